The molecule has 0 fully saturated rings. The standard InChI is InChI=1S/C18H21NO/c1-14(2)15(3)20-19-18(16-10-6-4-7-11-16)17-12-8-5-9-13-17/h4-15H,1-3H3. The van der Waals surface area contributed by atoms with Gasteiger partial charge in [0.05, 0.1) is 0 Å². The van der Waals surface area contributed by atoms with Crippen molar-refractivity contribution in [2.24, 2.45) is 11.1 Å². The summed E-state index contributed by atoms with van der Waals surface area (Å²) in [5.41, 5.74) is 3.00. The molecule has 104 valence electrons. The van der Waals surface area contributed by atoms with Gasteiger partial charge in [0, 0.05) is 11.1 Å². The van der Waals surface area contributed by atoms with Gasteiger partial charge in [-0.05, 0) is 12.8 Å². The largest absolute Gasteiger partial charge is 0.392 e. The molecule has 0 aliphatic rings. The minimum absolute atomic E-state index is 0.0948. The van der Waals surface area contributed by atoms with Crippen LogP contribution in [0.1, 0.15) is 31.9 Å². The van der Waals surface area contributed by atoms with Gasteiger partial charge in [0.15, 0.2) is 0 Å². The molecule has 0 N–H and O–H groups in total. The minimum Gasteiger partial charge on any atom is -0.392 e. The van der Waals surface area contributed by atoms with Gasteiger partial charge >= 0.3 is 0 Å². The normalized spacial score (nSPS) is 12.0. The van der Waals surface area contributed by atoms with E-state index in [1.165, 1.54) is 0 Å². The Balaban J connectivity index is 2.33. The van der Waals surface area contributed by atoms with Crippen molar-refractivity contribution < 1.29 is 4.84 Å². The zero-order chi connectivity index (χ0) is 14.4. The summed E-state index contributed by atoms with van der Waals surface area (Å²) >= 11 is 0. The fraction of sp³-hybridized carbons (Fsp3) is 0.278. The first-order chi connectivity index (χ1) is 9.68. The van der Waals surface area contributed by atoms with E-state index in [0.717, 1.165) is 16.8 Å². The second-order valence-electron chi connectivity index (χ2n) is 5.23. The van der Waals surface area contributed by atoms with Crippen molar-refractivity contribution in [2.75, 3.05) is 0 Å². The highest BCUT2D eigenvalue weighted by Crippen LogP contribution is 2.13. The van der Waals surface area contributed by atoms with Crippen molar-refractivity contribution in [1.29, 1.82) is 0 Å². The van der Waals surface area contributed by atoms with Gasteiger partial charge in [0.2, 0.25) is 0 Å². The van der Waals surface area contributed by atoms with Crippen molar-refractivity contribution in [3.63, 3.8) is 0 Å². The molecule has 1 unspecified atom stereocenters. The molecule has 0 radical (unpaired) electrons. The molecule has 0 saturated carbocycles. The van der Waals surface area contributed by atoms with Crippen LogP contribution in [-0.4, -0.2) is 11.8 Å². The molecule has 0 heterocycles. The Morgan fingerprint density at radius 2 is 1.25 bits per heavy atom. The van der Waals surface area contributed by atoms with Crippen LogP contribution in [0.4, 0.5) is 0 Å². The number of nitrogens with zero attached hydrogens (tertiary/aromatic N) is 1. The maximum atomic E-state index is 5.66. The summed E-state index contributed by atoms with van der Waals surface area (Å²) in [6.07, 6.45) is 0.0948. The molecule has 0 aliphatic carbocycles. The zero-order valence-corrected chi connectivity index (χ0v) is 12.3. The zero-order valence-electron chi connectivity index (χ0n) is 12.3. The number of hydrogen-bond donors (Lipinski definition) is 0. The lowest BCUT2D eigenvalue weighted by atomic mass is 10.0. The molecule has 2 heteroatoms. The van der Waals surface area contributed by atoms with Gasteiger partial charge in [0.1, 0.15) is 11.8 Å². The van der Waals surface area contributed by atoms with Crippen LogP contribution in [0.5, 0.6) is 0 Å². The van der Waals surface area contributed by atoms with Crippen LogP contribution in [0, 0.1) is 5.92 Å². The summed E-state index contributed by atoms with van der Waals surface area (Å²) < 4.78 is 0. The number of benzene rings is 2. The third kappa shape index (κ3) is 3.70. The number of hydrogen-bond acceptors (Lipinski definition) is 2. The smallest absolute Gasteiger partial charge is 0.127 e. The van der Waals surface area contributed by atoms with E-state index in [1.54, 1.807) is 0 Å². The Morgan fingerprint density at radius 3 is 1.65 bits per heavy atom. The first-order valence-corrected chi connectivity index (χ1v) is 7.03. The Morgan fingerprint density at radius 1 is 0.800 bits per heavy atom. The molecule has 1 atom stereocenters. The molecule has 0 aliphatic heterocycles. The summed E-state index contributed by atoms with van der Waals surface area (Å²) in [4.78, 5) is 5.66. The van der Waals surface area contributed by atoms with E-state index in [-0.39, 0.29) is 6.10 Å². The van der Waals surface area contributed by atoms with Gasteiger partial charge in [0.25, 0.3) is 0 Å². The molecule has 20 heavy (non-hydrogen) atoms. The summed E-state index contributed by atoms with van der Waals surface area (Å²) in [5.74, 6) is 0.437. The van der Waals surface area contributed by atoms with Gasteiger partial charge in [-0.15, -0.1) is 0 Å². The summed E-state index contributed by atoms with van der Waals surface area (Å²) in [6, 6.07) is 20.3. The summed E-state index contributed by atoms with van der Waals surface area (Å²) in [6.45, 7) is 6.30. The lowest BCUT2D eigenvalue weighted by molar-refractivity contribution is 0.0406. The van der Waals surface area contributed by atoms with E-state index in [9.17, 15) is 0 Å². The minimum atomic E-state index is 0.0948. The van der Waals surface area contributed by atoms with Crippen molar-refractivity contribution >= 4 is 5.71 Å². The van der Waals surface area contributed by atoms with E-state index >= 15 is 0 Å². The Kier molecular flexibility index (Phi) is 4.94. The molecular weight excluding hydrogens is 246 g/mol. The third-order valence-electron chi connectivity index (χ3n) is 3.34. The Labute approximate surface area is 121 Å². The molecule has 2 rings (SSSR count). The fourth-order valence-corrected chi connectivity index (χ4v) is 1.72. The topological polar surface area (TPSA) is 21.6 Å². The van der Waals surface area contributed by atoms with E-state index in [2.05, 4.69) is 43.3 Å². The molecule has 0 aromatic heterocycles. The highest BCUT2D eigenvalue weighted by molar-refractivity contribution is 6.12. The van der Waals surface area contributed by atoms with Crippen molar-refractivity contribution in [2.45, 2.75) is 26.9 Å². The van der Waals surface area contributed by atoms with E-state index in [0.29, 0.717) is 5.92 Å². The molecule has 2 aromatic carbocycles. The first-order valence-electron chi connectivity index (χ1n) is 7.03. The number of rotatable bonds is 5. The highest BCUT2D eigenvalue weighted by atomic mass is 16.6. The lowest BCUT2D eigenvalue weighted by Gasteiger charge is -2.15. The fourth-order valence-electron chi connectivity index (χ4n) is 1.72. The Bertz CT molecular complexity index is 505. The van der Waals surface area contributed by atoms with Crippen LogP contribution in [0.25, 0.3) is 0 Å². The SMILES string of the molecule is CC(C)C(C)ON=C(c1ccccc1)c1ccccc1. The van der Waals surface area contributed by atoms with Crippen LogP contribution in [0.3, 0.4) is 0 Å². The molecule has 0 spiro atoms. The van der Waals surface area contributed by atoms with Gasteiger partial charge in [-0.25, -0.2) is 0 Å². The van der Waals surface area contributed by atoms with Crippen molar-refractivity contribution in [3.8, 4) is 0 Å². The number of oxime groups is 1. The van der Waals surface area contributed by atoms with E-state index in [1.807, 2.05) is 43.3 Å². The van der Waals surface area contributed by atoms with Gasteiger partial charge in [-0.1, -0.05) is 79.7 Å². The second-order valence-corrected chi connectivity index (χ2v) is 5.23. The summed E-state index contributed by atoms with van der Waals surface area (Å²) in [7, 11) is 0. The predicted octanol–water partition coefficient (Wildman–Crippen LogP) is 4.50. The maximum absolute atomic E-state index is 5.66. The quantitative estimate of drug-likeness (QED) is 0.577. The molecule has 0 saturated heterocycles. The van der Waals surface area contributed by atoms with Gasteiger partial charge < -0.3 is 4.84 Å². The third-order valence-corrected chi connectivity index (χ3v) is 3.34. The highest BCUT2D eigenvalue weighted by Gasteiger charge is 2.11. The summed E-state index contributed by atoms with van der Waals surface area (Å²) in [5, 5.41) is 4.40. The van der Waals surface area contributed by atoms with Crippen LogP contribution >= 0.6 is 0 Å². The van der Waals surface area contributed by atoms with E-state index < -0.39 is 0 Å². The van der Waals surface area contributed by atoms with Crippen LogP contribution < -0.4 is 0 Å². The predicted molar refractivity (Wildman–Crippen MR) is 83.9 cm³/mol. The molecule has 2 nitrogen and oxygen atoms in total. The van der Waals surface area contributed by atoms with Gasteiger partial charge in [-0.2, -0.15) is 0 Å². The van der Waals surface area contributed by atoms with Crippen molar-refractivity contribution in [1.82, 2.24) is 0 Å². The Hall–Kier alpha value is -2.09. The van der Waals surface area contributed by atoms with Crippen molar-refractivity contribution in [3.05, 3.63) is 71.8 Å². The lowest BCUT2D eigenvalue weighted by Crippen LogP contribution is -2.14. The molecule has 0 amide bonds. The molecule has 2 aromatic rings. The molecule has 0 bridgehead atoms. The van der Waals surface area contributed by atoms with E-state index in [4.69, 9.17) is 4.84 Å². The maximum Gasteiger partial charge on any atom is 0.127 e. The average Bonchev–Trinajstić information content (AvgIpc) is 2.49. The van der Waals surface area contributed by atoms with Gasteiger partial charge in [-0.3, -0.25) is 0 Å². The van der Waals surface area contributed by atoms with Crippen LogP contribution in [0.15, 0.2) is 65.8 Å². The van der Waals surface area contributed by atoms with Crippen LogP contribution in [-0.2, 0) is 4.84 Å². The average molecular weight is 267 g/mol. The van der Waals surface area contributed by atoms with Crippen LogP contribution in [0.2, 0.25) is 0 Å². The second kappa shape index (κ2) is 6.90. The first kappa shape index (κ1) is 14.3. The molecular formula is C18H21NO. The monoisotopic (exact) mass is 267 g/mol.